The highest BCUT2D eigenvalue weighted by Gasteiger charge is 2.52. The number of rotatable bonds is 3. The van der Waals surface area contributed by atoms with Crippen molar-refractivity contribution in [1.82, 2.24) is 0 Å². The topological polar surface area (TPSA) is 26.0 Å². The van der Waals surface area contributed by atoms with E-state index in [0.29, 0.717) is 5.92 Å². The molecule has 0 heterocycles. The van der Waals surface area contributed by atoms with Crippen molar-refractivity contribution in [3.63, 3.8) is 0 Å². The fourth-order valence-corrected chi connectivity index (χ4v) is 3.47. The van der Waals surface area contributed by atoms with Crippen molar-refractivity contribution in [2.75, 3.05) is 0 Å². The van der Waals surface area contributed by atoms with Crippen LogP contribution in [0.4, 0.5) is 4.39 Å². The van der Waals surface area contributed by atoms with E-state index in [2.05, 4.69) is 0 Å². The molecule has 1 aromatic carbocycles. The summed E-state index contributed by atoms with van der Waals surface area (Å²) in [5.41, 5.74) is 7.48. The van der Waals surface area contributed by atoms with Gasteiger partial charge in [0.2, 0.25) is 0 Å². The van der Waals surface area contributed by atoms with E-state index in [1.165, 1.54) is 31.7 Å². The summed E-state index contributed by atoms with van der Waals surface area (Å²) in [4.78, 5) is 0. The van der Waals surface area contributed by atoms with Gasteiger partial charge in [-0.2, -0.15) is 0 Å². The smallest absolute Gasteiger partial charge is 0.123 e. The number of hydrogen-bond donors (Lipinski definition) is 1. The first kappa shape index (κ1) is 11.2. The maximum atomic E-state index is 13.2. The summed E-state index contributed by atoms with van der Waals surface area (Å²) in [6.07, 6.45) is 7.58. The summed E-state index contributed by atoms with van der Waals surface area (Å²) in [7, 11) is 0. The first-order valence-electron chi connectivity index (χ1n) is 6.72. The van der Waals surface area contributed by atoms with Crippen LogP contribution in [-0.4, -0.2) is 5.54 Å². The number of halogens is 1. The quantitative estimate of drug-likeness (QED) is 0.848. The van der Waals surface area contributed by atoms with Gasteiger partial charge in [-0.3, -0.25) is 0 Å². The van der Waals surface area contributed by atoms with Crippen LogP contribution in [0.2, 0.25) is 0 Å². The second-order valence-corrected chi connectivity index (χ2v) is 5.90. The van der Waals surface area contributed by atoms with Crippen molar-refractivity contribution in [2.24, 2.45) is 11.7 Å². The lowest BCUT2D eigenvalue weighted by atomic mass is 9.94. The molecule has 3 rings (SSSR count). The zero-order chi connectivity index (χ0) is 11.9. The molecule has 2 saturated carbocycles. The van der Waals surface area contributed by atoms with Gasteiger partial charge in [0.25, 0.3) is 0 Å². The van der Waals surface area contributed by atoms with Crippen LogP contribution in [-0.2, 0) is 0 Å². The summed E-state index contributed by atoms with van der Waals surface area (Å²) in [5.74, 6) is 1.06. The molecule has 2 aliphatic rings. The van der Waals surface area contributed by atoms with Crippen molar-refractivity contribution in [1.29, 1.82) is 0 Å². The second kappa shape index (κ2) is 4.09. The Morgan fingerprint density at radius 1 is 1.29 bits per heavy atom. The number of nitrogens with two attached hydrogens (primary N) is 1. The zero-order valence-electron chi connectivity index (χ0n) is 10.2. The monoisotopic (exact) mass is 233 g/mol. The molecular weight excluding hydrogens is 213 g/mol. The van der Waals surface area contributed by atoms with Gasteiger partial charge < -0.3 is 5.73 Å². The number of benzene rings is 1. The summed E-state index contributed by atoms with van der Waals surface area (Å²) in [6.45, 7) is 0. The standard InChI is InChI=1S/C15H20FN/c16-13-7-3-6-12(8-13)14-10-15(14,17)9-11-4-1-2-5-11/h3,6-8,11,14H,1-2,4-5,9-10,17H2. The summed E-state index contributed by atoms with van der Waals surface area (Å²) >= 11 is 0. The van der Waals surface area contributed by atoms with E-state index < -0.39 is 0 Å². The predicted octanol–water partition coefficient (Wildman–Crippen LogP) is 3.59. The summed E-state index contributed by atoms with van der Waals surface area (Å²) < 4.78 is 13.2. The van der Waals surface area contributed by atoms with E-state index in [1.54, 1.807) is 12.1 Å². The van der Waals surface area contributed by atoms with Gasteiger partial charge in [0.15, 0.2) is 0 Å². The Hall–Kier alpha value is -0.890. The van der Waals surface area contributed by atoms with Gasteiger partial charge in [0, 0.05) is 11.5 Å². The van der Waals surface area contributed by atoms with Crippen molar-refractivity contribution >= 4 is 0 Å². The molecule has 17 heavy (non-hydrogen) atoms. The minimum absolute atomic E-state index is 0.0389. The van der Waals surface area contributed by atoms with Crippen LogP contribution >= 0.6 is 0 Å². The minimum atomic E-state index is -0.141. The van der Waals surface area contributed by atoms with Crippen LogP contribution in [0.3, 0.4) is 0 Å². The Morgan fingerprint density at radius 3 is 2.76 bits per heavy atom. The third kappa shape index (κ3) is 2.23. The van der Waals surface area contributed by atoms with Crippen molar-refractivity contribution in [3.8, 4) is 0 Å². The molecule has 0 saturated heterocycles. The van der Waals surface area contributed by atoms with Gasteiger partial charge in [-0.1, -0.05) is 37.8 Å². The Balaban J connectivity index is 1.67. The average Bonchev–Trinajstić information content (AvgIpc) is 2.72. The lowest BCUT2D eigenvalue weighted by Crippen LogP contribution is -2.27. The van der Waals surface area contributed by atoms with Gasteiger partial charge in [-0.25, -0.2) is 4.39 Å². The third-order valence-electron chi connectivity index (χ3n) is 4.51. The van der Waals surface area contributed by atoms with Gasteiger partial charge in [-0.15, -0.1) is 0 Å². The molecule has 0 aliphatic heterocycles. The van der Waals surface area contributed by atoms with Crippen molar-refractivity contribution in [2.45, 2.75) is 50.0 Å². The predicted molar refractivity (Wildman–Crippen MR) is 67.3 cm³/mol. The highest BCUT2D eigenvalue weighted by molar-refractivity contribution is 5.33. The highest BCUT2D eigenvalue weighted by Crippen LogP contribution is 2.54. The van der Waals surface area contributed by atoms with E-state index >= 15 is 0 Å². The van der Waals surface area contributed by atoms with E-state index in [4.69, 9.17) is 5.73 Å². The fourth-order valence-electron chi connectivity index (χ4n) is 3.47. The molecule has 0 radical (unpaired) electrons. The molecule has 2 aliphatic carbocycles. The van der Waals surface area contributed by atoms with Crippen LogP contribution in [0.1, 0.15) is 50.0 Å². The molecule has 2 N–H and O–H groups in total. The average molecular weight is 233 g/mol. The molecular formula is C15H20FN. The largest absolute Gasteiger partial charge is 0.325 e. The molecule has 0 amide bonds. The van der Waals surface area contributed by atoms with Crippen molar-refractivity contribution in [3.05, 3.63) is 35.6 Å². The lowest BCUT2D eigenvalue weighted by molar-refractivity contribution is 0.424. The first-order chi connectivity index (χ1) is 8.17. The Bertz CT molecular complexity index is 411. The van der Waals surface area contributed by atoms with Crippen LogP contribution < -0.4 is 5.73 Å². The molecule has 2 fully saturated rings. The molecule has 0 spiro atoms. The molecule has 1 aromatic rings. The molecule has 2 unspecified atom stereocenters. The minimum Gasteiger partial charge on any atom is -0.325 e. The highest BCUT2D eigenvalue weighted by atomic mass is 19.1. The molecule has 0 aromatic heterocycles. The molecule has 0 bridgehead atoms. The maximum absolute atomic E-state index is 13.2. The Morgan fingerprint density at radius 2 is 2.06 bits per heavy atom. The second-order valence-electron chi connectivity index (χ2n) is 5.90. The van der Waals surface area contributed by atoms with E-state index in [0.717, 1.165) is 24.3 Å². The zero-order valence-corrected chi connectivity index (χ0v) is 10.2. The van der Waals surface area contributed by atoms with Gasteiger partial charge >= 0.3 is 0 Å². The lowest BCUT2D eigenvalue weighted by Gasteiger charge is -2.16. The number of hydrogen-bond acceptors (Lipinski definition) is 1. The van der Waals surface area contributed by atoms with Crippen LogP contribution in [0.25, 0.3) is 0 Å². The van der Waals surface area contributed by atoms with Crippen LogP contribution in [0.15, 0.2) is 24.3 Å². The van der Waals surface area contributed by atoms with E-state index in [9.17, 15) is 4.39 Å². The fraction of sp³-hybridized carbons (Fsp3) is 0.600. The third-order valence-corrected chi connectivity index (χ3v) is 4.51. The summed E-state index contributed by atoms with van der Waals surface area (Å²) in [5, 5.41) is 0. The molecule has 92 valence electrons. The Kier molecular flexibility index (Phi) is 2.70. The van der Waals surface area contributed by atoms with Crippen molar-refractivity contribution < 1.29 is 4.39 Å². The molecule has 2 atom stereocenters. The molecule has 1 nitrogen and oxygen atoms in total. The van der Waals surface area contributed by atoms with E-state index in [1.807, 2.05) is 6.07 Å². The SMILES string of the molecule is NC1(CC2CCCC2)CC1c1cccc(F)c1. The van der Waals surface area contributed by atoms with Gasteiger partial charge in [0.05, 0.1) is 0 Å². The van der Waals surface area contributed by atoms with E-state index in [-0.39, 0.29) is 11.4 Å². The van der Waals surface area contributed by atoms with Gasteiger partial charge in [-0.05, 0) is 36.5 Å². The summed E-state index contributed by atoms with van der Waals surface area (Å²) in [6, 6.07) is 6.95. The normalized spacial score (nSPS) is 32.9. The first-order valence-corrected chi connectivity index (χ1v) is 6.72. The molecule has 2 heteroatoms. The maximum Gasteiger partial charge on any atom is 0.123 e. The van der Waals surface area contributed by atoms with Gasteiger partial charge in [0.1, 0.15) is 5.82 Å². The van der Waals surface area contributed by atoms with Crippen LogP contribution in [0.5, 0.6) is 0 Å². The van der Waals surface area contributed by atoms with Crippen LogP contribution in [0, 0.1) is 11.7 Å². The Labute approximate surface area is 102 Å².